The smallest absolute Gasteiger partial charge is 0.214 e. The molecule has 0 aliphatic heterocycles. The van der Waals surface area contributed by atoms with Crippen LogP contribution in [0.1, 0.15) is 23.7 Å². The van der Waals surface area contributed by atoms with Crippen LogP contribution in [0.25, 0.3) is 11.3 Å². The number of hydrogen-bond donors (Lipinski definition) is 0. The number of carbonyl (C=O) groups excluding carboxylic acids is 1. The van der Waals surface area contributed by atoms with Crippen LogP contribution in [0.15, 0.2) is 42.5 Å². The number of benzene rings is 1. The number of hydrogen-bond acceptors (Lipinski definition) is 3. The summed E-state index contributed by atoms with van der Waals surface area (Å²) in [7, 11) is 1.55. The molecule has 0 radical (unpaired) electrons. The van der Waals surface area contributed by atoms with Gasteiger partial charge in [-0.3, -0.25) is 4.79 Å². The van der Waals surface area contributed by atoms with Crippen molar-refractivity contribution in [2.75, 3.05) is 7.11 Å². The molecule has 0 bridgehead atoms. The summed E-state index contributed by atoms with van der Waals surface area (Å²) in [6.45, 7) is 1.84. The first-order valence-corrected chi connectivity index (χ1v) is 5.89. The lowest BCUT2D eigenvalue weighted by molar-refractivity contribution is 0.0987. The molecule has 0 amide bonds. The molecule has 1 heterocycles. The van der Waals surface area contributed by atoms with E-state index in [1.54, 1.807) is 13.2 Å². The number of ether oxygens (including phenoxy) is 1. The van der Waals surface area contributed by atoms with Crippen LogP contribution in [0.4, 0.5) is 0 Å². The normalized spacial score (nSPS) is 10.1. The first-order chi connectivity index (χ1) is 8.74. The van der Waals surface area contributed by atoms with Gasteiger partial charge in [-0.25, -0.2) is 4.98 Å². The van der Waals surface area contributed by atoms with Gasteiger partial charge in [0.05, 0.1) is 12.8 Å². The summed E-state index contributed by atoms with van der Waals surface area (Å²) in [5, 5.41) is 0. The van der Waals surface area contributed by atoms with Gasteiger partial charge in [-0.2, -0.15) is 0 Å². The van der Waals surface area contributed by atoms with E-state index in [2.05, 4.69) is 4.98 Å². The van der Waals surface area contributed by atoms with Gasteiger partial charge < -0.3 is 4.74 Å². The predicted molar refractivity (Wildman–Crippen MR) is 70.8 cm³/mol. The second-order valence-electron chi connectivity index (χ2n) is 3.93. The molecular formula is C15H15NO2. The monoisotopic (exact) mass is 241 g/mol. The van der Waals surface area contributed by atoms with E-state index in [1.165, 1.54) is 0 Å². The van der Waals surface area contributed by atoms with Gasteiger partial charge in [0.25, 0.3) is 0 Å². The Morgan fingerprint density at radius 2 is 1.94 bits per heavy atom. The van der Waals surface area contributed by atoms with E-state index in [4.69, 9.17) is 4.74 Å². The maximum absolute atomic E-state index is 11.8. The van der Waals surface area contributed by atoms with Gasteiger partial charge in [-0.1, -0.05) is 37.3 Å². The first-order valence-electron chi connectivity index (χ1n) is 5.89. The number of pyridine rings is 1. The third-order valence-corrected chi connectivity index (χ3v) is 2.72. The molecule has 1 aromatic carbocycles. The van der Waals surface area contributed by atoms with Crippen LogP contribution in [-0.2, 0) is 0 Å². The van der Waals surface area contributed by atoms with Crippen molar-refractivity contribution >= 4 is 5.78 Å². The highest BCUT2D eigenvalue weighted by atomic mass is 16.5. The van der Waals surface area contributed by atoms with Gasteiger partial charge in [0.1, 0.15) is 0 Å². The Kier molecular flexibility index (Phi) is 3.72. The highest BCUT2D eigenvalue weighted by molar-refractivity contribution is 5.97. The van der Waals surface area contributed by atoms with Crippen molar-refractivity contribution in [2.45, 2.75) is 13.3 Å². The molecular weight excluding hydrogens is 226 g/mol. The van der Waals surface area contributed by atoms with E-state index in [0.717, 1.165) is 11.3 Å². The zero-order valence-corrected chi connectivity index (χ0v) is 10.5. The Bertz CT molecular complexity index is 550. The van der Waals surface area contributed by atoms with Crippen molar-refractivity contribution in [3.05, 3.63) is 48.0 Å². The summed E-state index contributed by atoms with van der Waals surface area (Å²) in [6, 6.07) is 13.2. The van der Waals surface area contributed by atoms with E-state index < -0.39 is 0 Å². The summed E-state index contributed by atoms with van der Waals surface area (Å²) in [5.74, 6) is 0.557. The first kappa shape index (κ1) is 12.3. The molecule has 0 fully saturated rings. The summed E-state index contributed by atoms with van der Waals surface area (Å²) in [5.41, 5.74) is 2.37. The van der Waals surface area contributed by atoms with E-state index in [9.17, 15) is 4.79 Å². The second-order valence-corrected chi connectivity index (χ2v) is 3.93. The summed E-state index contributed by atoms with van der Waals surface area (Å²) >= 11 is 0. The standard InChI is InChI=1S/C15H15NO2/c1-3-14(17)12-9-13(16-15(10-12)18-2)11-7-5-4-6-8-11/h4-10H,3H2,1-2H3. The number of carbonyl (C=O) groups is 1. The van der Waals surface area contributed by atoms with Crippen molar-refractivity contribution in [1.29, 1.82) is 0 Å². The highest BCUT2D eigenvalue weighted by Gasteiger charge is 2.09. The molecule has 3 nitrogen and oxygen atoms in total. The zero-order valence-electron chi connectivity index (χ0n) is 10.5. The van der Waals surface area contributed by atoms with Gasteiger partial charge in [0.15, 0.2) is 5.78 Å². The van der Waals surface area contributed by atoms with Gasteiger partial charge in [0.2, 0.25) is 5.88 Å². The molecule has 2 aromatic rings. The molecule has 92 valence electrons. The fourth-order valence-corrected chi connectivity index (χ4v) is 1.73. The third kappa shape index (κ3) is 2.56. The fourth-order valence-electron chi connectivity index (χ4n) is 1.73. The molecule has 0 unspecified atom stereocenters. The molecule has 0 saturated carbocycles. The Morgan fingerprint density at radius 3 is 2.56 bits per heavy atom. The largest absolute Gasteiger partial charge is 0.481 e. The number of methoxy groups -OCH3 is 1. The predicted octanol–water partition coefficient (Wildman–Crippen LogP) is 3.35. The molecule has 2 rings (SSSR count). The van der Waals surface area contributed by atoms with Gasteiger partial charge in [-0.05, 0) is 6.07 Å². The summed E-state index contributed by atoms with van der Waals surface area (Å²) in [4.78, 5) is 16.1. The van der Waals surface area contributed by atoms with Crippen LogP contribution < -0.4 is 4.74 Å². The van der Waals surface area contributed by atoms with Crippen molar-refractivity contribution in [3.8, 4) is 17.1 Å². The van der Waals surface area contributed by atoms with Crippen LogP contribution in [0.5, 0.6) is 5.88 Å². The van der Waals surface area contributed by atoms with Crippen LogP contribution in [0, 0.1) is 0 Å². The number of aromatic nitrogens is 1. The molecule has 0 spiro atoms. The van der Waals surface area contributed by atoms with E-state index in [0.29, 0.717) is 17.9 Å². The lowest BCUT2D eigenvalue weighted by Crippen LogP contribution is -2.00. The number of nitrogens with zero attached hydrogens (tertiary/aromatic N) is 1. The minimum atomic E-state index is 0.0906. The van der Waals surface area contributed by atoms with Crippen LogP contribution in [-0.4, -0.2) is 17.9 Å². The van der Waals surface area contributed by atoms with E-state index >= 15 is 0 Å². The Hall–Kier alpha value is -2.16. The minimum Gasteiger partial charge on any atom is -0.481 e. The average Bonchev–Trinajstić information content (AvgIpc) is 2.46. The summed E-state index contributed by atoms with van der Waals surface area (Å²) in [6.07, 6.45) is 0.474. The molecule has 0 aliphatic carbocycles. The number of ketones is 1. The van der Waals surface area contributed by atoms with E-state index in [-0.39, 0.29) is 5.78 Å². The van der Waals surface area contributed by atoms with Gasteiger partial charge >= 0.3 is 0 Å². The van der Waals surface area contributed by atoms with Crippen LogP contribution in [0.2, 0.25) is 0 Å². The molecule has 0 aliphatic rings. The topological polar surface area (TPSA) is 39.2 Å². The van der Waals surface area contributed by atoms with Crippen LogP contribution >= 0.6 is 0 Å². The molecule has 0 N–H and O–H groups in total. The van der Waals surface area contributed by atoms with Crippen molar-refractivity contribution in [2.24, 2.45) is 0 Å². The van der Waals surface area contributed by atoms with E-state index in [1.807, 2.05) is 43.3 Å². The molecule has 0 saturated heterocycles. The number of rotatable bonds is 4. The number of Topliss-reactive ketones (excluding diaryl/α,β-unsaturated/α-hetero) is 1. The SMILES string of the molecule is CCC(=O)c1cc(OC)nc(-c2ccccc2)c1. The molecule has 18 heavy (non-hydrogen) atoms. The third-order valence-electron chi connectivity index (χ3n) is 2.72. The minimum absolute atomic E-state index is 0.0906. The molecule has 1 aromatic heterocycles. The summed E-state index contributed by atoms with van der Waals surface area (Å²) < 4.78 is 5.15. The highest BCUT2D eigenvalue weighted by Crippen LogP contribution is 2.22. The van der Waals surface area contributed by atoms with Crippen molar-refractivity contribution < 1.29 is 9.53 Å². The Morgan fingerprint density at radius 1 is 1.22 bits per heavy atom. The molecule has 0 atom stereocenters. The Balaban J connectivity index is 2.51. The maximum atomic E-state index is 11.8. The quantitative estimate of drug-likeness (QED) is 0.770. The van der Waals surface area contributed by atoms with Crippen molar-refractivity contribution in [1.82, 2.24) is 4.98 Å². The van der Waals surface area contributed by atoms with Gasteiger partial charge in [-0.15, -0.1) is 0 Å². The maximum Gasteiger partial charge on any atom is 0.214 e. The van der Waals surface area contributed by atoms with Crippen molar-refractivity contribution in [3.63, 3.8) is 0 Å². The average molecular weight is 241 g/mol. The fraction of sp³-hybridized carbons (Fsp3) is 0.200. The Labute approximate surface area is 106 Å². The zero-order chi connectivity index (χ0) is 13.0. The van der Waals surface area contributed by atoms with Gasteiger partial charge in [0, 0.05) is 23.6 Å². The molecule has 3 heteroatoms. The lowest BCUT2D eigenvalue weighted by Gasteiger charge is -2.07. The lowest BCUT2D eigenvalue weighted by atomic mass is 10.1. The second kappa shape index (κ2) is 5.45. The van der Waals surface area contributed by atoms with Crippen LogP contribution in [0.3, 0.4) is 0 Å².